The van der Waals surface area contributed by atoms with Gasteiger partial charge in [0.1, 0.15) is 0 Å². The summed E-state index contributed by atoms with van der Waals surface area (Å²) in [5.74, 6) is 0. The van der Waals surface area contributed by atoms with E-state index in [2.05, 4.69) is 80.6 Å². The molecule has 0 atom stereocenters. The Bertz CT molecular complexity index is 767. The predicted molar refractivity (Wildman–Crippen MR) is 92.5 cm³/mol. The molecule has 0 fully saturated rings. The zero-order chi connectivity index (χ0) is 14.4. The minimum Gasteiger partial charge on any atom is -0.0686 e. The average Bonchev–Trinajstić information content (AvgIpc) is 2.80. The van der Waals surface area contributed by atoms with E-state index in [1.165, 1.54) is 38.6 Å². The minimum absolute atomic E-state index is 0.371. The van der Waals surface area contributed by atoms with E-state index in [0.29, 0.717) is 6.71 Å². The fraction of sp³-hybridized carbons (Fsp3) is 0.100. The molecule has 0 aliphatic carbocycles. The monoisotopic (exact) mass is 268 g/mol. The van der Waals surface area contributed by atoms with E-state index in [1.54, 1.807) is 0 Å². The lowest BCUT2D eigenvalue weighted by atomic mass is 9.39. The first-order valence-electron chi connectivity index (χ1n) is 7.50. The van der Waals surface area contributed by atoms with E-state index in [-0.39, 0.29) is 0 Å². The van der Waals surface area contributed by atoms with Gasteiger partial charge in [-0.15, -0.1) is 0 Å². The van der Waals surface area contributed by atoms with Crippen LogP contribution in [0.3, 0.4) is 0 Å². The molecular formula is C20H17B. The summed E-state index contributed by atoms with van der Waals surface area (Å²) < 4.78 is 0. The quantitative estimate of drug-likeness (QED) is 0.466. The standard InChI is InChI=1S/C20H17B/c1-14-8-10-17-18-11-9-15(2)13-20(18)21(19(17)12-14)16-6-4-3-5-7-16/h3-13H,1-2H3. The maximum Gasteiger partial charge on any atom is 0.242 e. The highest BCUT2D eigenvalue weighted by Gasteiger charge is 2.33. The van der Waals surface area contributed by atoms with Crippen molar-refractivity contribution in [1.82, 2.24) is 0 Å². The van der Waals surface area contributed by atoms with Crippen LogP contribution in [0.4, 0.5) is 0 Å². The Balaban J connectivity index is 2.02. The van der Waals surface area contributed by atoms with Crippen LogP contribution in [-0.4, -0.2) is 6.71 Å². The Morgan fingerprint density at radius 2 is 1.14 bits per heavy atom. The summed E-state index contributed by atoms with van der Waals surface area (Å²) in [5, 5.41) is 0. The summed E-state index contributed by atoms with van der Waals surface area (Å²) in [6, 6.07) is 24.5. The van der Waals surface area contributed by atoms with Gasteiger partial charge in [-0.1, -0.05) is 94.2 Å². The number of hydrogen-bond donors (Lipinski definition) is 0. The molecule has 0 nitrogen and oxygen atoms in total. The Labute approximate surface area is 126 Å². The van der Waals surface area contributed by atoms with Gasteiger partial charge in [0.25, 0.3) is 0 Å². The zero-order valence-electron chi connectivity index (χ0n) is 12.4. The molecule has 21 heavy (non-hydrogen) atoms. The summed E-state index contributed by atoms with van der Waals surface area (Å²) in [7, 11) is 0. The van der Waals surface area contributed by atoms with Crippen LogP contribution in [0, 0.1) is 13.8 Å². The maximum atomic E-state index is 2.35. The summed E-state index contributed by atoms with van der Waals surface area (Å²) >= 11 is 0. The van der Waals surface area contributed by atoms with Crippen molar-refractivity contribution >= 4 is 23.1 Å². The zero-order valence-corrected chi connectivity index (χ0v) is 12.4. The second-order valence-electron chi connectivity index (χ2n) is 6.03. The third-order valence-corrected chi connectivity index (χ3v) is 4.46. The first kappa shape index (κ1) is 12.5. The summed E-state index contributed by atoms with van der Waals surface area (Å²) in [5.41, 5.74) is 9.73. The lowest BCUT2D eigenvalue weighted by Gasteiger charge is -2.11. The first-order chi connectivity index (χ1) is 10.2. The molecule has 0 saturated carbocycles. The van der Waals surface area contributed by atoms with E-state index in [9.17, 15) is 0 Å². The molecular weight excluding hydrogens is 251 g/mol. The highest BCUT2D eigenvalue weighted by Crippen LogP contribution is 2.24. The normalized spacial score (nSPS) is 12.2. The van der Waals surface area contributed by atoms with Gasteiger partial charge in [-0.05, 0) is 25.0 Å². The van der Waals surface area contributed by atoms with Gasteiger partial charge >= 0.3 is 0 Å². The number of fused-ring (bicyclic) bond motifs is 3. The van der Waals surface area contributed by atoms with Gasteiger partial charge in [-0.25, -0.2) is 0 Å². The summed E-state index contributed by atoms with van der Waals surface area (Å²) in [6.45, 7) is 4.73. The molecule has 1 aliphatic rings. The molecule has 0 amide bonds. The third kappa shape index (κ3) is 1.92. The molecule has 0 aromatic heterocycles. The van der Waals surface area contributed by atoms with Crippen LogP contribution in [0.2, 0.25) is 0 Å². The van der Waals surface area contributed by atoms with E-state index in [4.69, 9.17) is 0 Å². The SMILES string of the molecule is Cc1ccc2c(c1)B(c1ccccc1)c1cc(C)ccc1-2. The van der Waals surface area contributed by atoms with Crippen LogP contribution in [0.15, 0.2) is 66.7 Å². The number of aryl methyl sites for hydroxylation is 2. The van der Waals surface area contributed by atoms with Crippen molar-refractivity contribution in [3.63, 3.8) is 0 Å². The van der Waals surface area contributed by atoms with Crippen molar-refractivity contribution in [2.24, 2.45) is 0 Å². The van der Waals surface area contributed by atoms with Crippen molar-refractivity contribution in [3.05, 3.63) is 77.9 Å². The molecule has 3 aromatic carbocycles. The van der Waals surface area contributed by atoms with Crippen molar-refractivity contribution in [1.29, 1.82) is 0 Å². The average molecular weight is 268 g/mol. The molecule has 100 valence electrons. The van der Waals surface area contributed by atoms with Crippen LogP contribution >= 0.6 is 0 Å². The molecule has 0 saturated heterocycles. The van der Waals surface area contributed by atoms with E-state index < -0.39 is 0 Å². The van der Waals surface area contributed by atoms with Crippen LogP contribution in [0.1, 0.15) is 11.1 Å². The first-order valence-corrected chi connectivity index (χ1v) is 7.50. The van der Waals surface area contributed by atoms with Crippen molar-refractivity contribution in [3.8, 4) is 11.1 Å². The lowest BCUT2D eigenvalue weighted by Crippen LogP contribution is -2.48. The Kier molecular flexibility index (Phi) is 2.75. The third-order valence-electron chi connectivity index (χ3n) is 4.46. The van der Waals surface area contributed by atoms with Crippen molar-refractivity contribution in [2.75, 3.05) is 0 Å². The fourth-order valence-corrected chi connectivity index (χ4v) is 3.50. The summed E-state index contributed by atoms with van der Waals surface area (Å²) in [4.78, 5) is 0. The topological polar surface area (TPSA) is 0 Å². The van der Waals surface area contributed by atoms with E-state index in [1.807, 2.05) is 0 Å². The molecule has 0 bridgehead atoms. The number of hydrogen-bond acceptors (Lipinski definition) is 0. The highest BCUT2D eigenvalue weighted by atomic mass is 14.2. The molecule has 1 heterocycles. The fourth-order valence-electron chi connectivity index (χ4n) is 3.50. The number of benzene rings is 3. The van der Waals surface area contributed by atoms with Gasteiger partial charge in [0.2, 0.25) is 6.71 Å². The molecule has 3 aromatic rings. The van der Waals surface area contributed by atoms with Crippen LogP contribution in [0.25, 0.3) is 11.1 Å². The van der Waals surface area contributed by atoms with Crippen molar-refractivity contribution in [2.45, 2.75) is 13.8 Å². The Morgan fingerprint density at radius 1 is 0.619 bits per heavy atom. The molecule has 0 unspecified atom stereocenters. The molecule has 0 N–H and O–H groups in total. The number of rotatable bonds is 1. The van der Waals surface area contributed by atoms with Crippen LogP contribution < -0.4 is 16.4 Å². The van der Waals surface area contributed by atoms with Gasteiger partial charge in [0, 0.05) is 0 Å². The van der Waals surface area contributed by atoms with Gasteiger partial charge in [-0.2, -0.15) is 0 Å². The smallest absolute Gasteiger partial charge is 0.0686 e. The van der Waals surface area contributed by atoms with Gasteiger partial charge in [-0.3, -0.25) is 0 Å². The van der Waals surface area contributed by atoms with Crippen LogP contribution in [0.5, 0.6) is 0 Å². The molecule has 1 aliphatic heterocycles. The van der Waals surface area contributed by atoms with Gasteiger partial charge in [0.15, 0.2) is 0 Å². The minimum atomic E-state index is 0.371. The van der Waals surface area contributed by atoms with Crippen LogP contribution in [-0.2, 0) is 0 Å². The molecule has 0 radical (unpaired) electrons. The van der Waals surface area contributed by atoms with E-state index in [0.717, 1.165) is 0 Å². The summed E-state index contributed by atoms with van der Waals surface area (Å²) in [6.07, 6.45) is 0. The Morgan fingerprint density at radius 3 is 1.67 bits per heavy atom. The largest absolute Gasteiger partial charge is 0.242 e. The highest BCUT2D eigenvalue weighted by molar-refractivity contribution is 6.99. The van der Waals surface area contributed by atoms with E-state index >= 15 is 0 Å². The molecule has 4 rings (SSSR count). The second-order valence-corrected chi connectivity index (χ2v) is 6.03. The maximum absolute atomic E-state index is 2.35. The molecule has 0 spiro atoms. The second kappa shape index (κ2) is 4.63. The predicted octanol–water partition coefficient (Wildman–Crippen LogP) is 2.80. The Hall–Kier alpha value is -2.28. The van der Waals surface area contributed by atoms with Crippen molar-refractivity contribution < 1.29 is 0 Å². The molecule has 1 heteroatoms. The van der Waals surface area contributed by atoms with Gasteiger partial charge < -0.3 is 0 Å². The lowest BCUT2D eigenvalue weighted by molar-refractivity contribution is 1.48. The van der Waals surface area contributed by atoms with Gasteiger partial charge in [0.05, 0.1) is 0 Å².